The minimum absolute atomic E-state index is 0.0553. The van der Waals surface area contributed by atoms with Gasteiger partial charge in [0.05, 0.1) is 48.8 Å². The lowest BCUT2D eigenvalue weighted by Crippen LogP contribution is -2.54. The molecule has 1 heterocycles. The van der Waals surface area contributed by atoms with E-state index in [-0.39, 0.29) is 72.4 Å². The van der Waals surface area contributed by atoms with Gasteiger partial charge < -0.3 is 45.4 Å². The molecule has 1 aliphatic rings. The number of hydrogen-bond acceptors (Lipinski definition) is 13. The van der Waals surface area contributed by atoms with Crippen molar-refractivity contribution in [1.82, 2.24) is 14.7 Å². The van der Waals surface area contributed by atoms with Crippen molar-refractivity contribution in [2.24, 2.45) is 35.3 Å². The van der Waals surface area contributed by atoms with Gasteiger partial charge in [-0.3, -0.25) is 38.5 Å². The summed E-state index contributed by atoms with van der Waals surface area (Å²) in [5, 5.41) is 39.4. The molecule has 0 spiro atoms. The lowest BCUT2D eigenvalue weighted by molar-refractivity contribution is -0.149. The number of hydrogen-bond donors (Lipinski definition) is 5. The summed E-state index contributed by atoms with van der Waals surface area (Å²) >= 11 is 0. The van der Waals surface area contributed by atoms with E-state index in [4.69, 9.17) is 20.3 Å². The first-order chi connectivity index (χ1) is 33.0. The van der Waals surface area contributed by atoms with Gasteiger partial charge in [0, 0.05) is 65.3 Å². The molecule has 17 heteroatoms. The number of aliphatic carboxylic acids is 2. The van der Waals surface area contributed by atoms with Crippen molar-refractivity contribution in [1.29, 1.82) is 0 Å². The Bertz CT molecular complexity index is 1810. The molecule has 0 saturated carbocycles. The van der Waals surface area contributed by atoms with Crippen LogP contribution >= 0.6 is 0 Å². The average molecular weight is 989 g/mol. The van der Waals surface area contributed by atoms with E-state index < -0.39 is 72.2 Å². The number of amides is 2. The number of phenols is 1. The second-order valence-corrected chi connectivity index (χ2v) is 20.2. The number of phenolic OH excluding ortho intramolecular Hbond substituents is 1. The van der Waals surface area contributed by atoms with Gasteiger partial charge in [-0.1, -0.05) is 72.4 Å². The molecule has 1 aromatic rings. The second-order valence-electron chi connectivity index (χ2n) is 20.2. The van der Waals surface area contributed by atoms with Crippen LogP contribution in [0, 0.1) is 29.6 Å². The quantitative estimate of drug-likeness (QED) is 0.0490. The summed E-state index contributed by atoms with van der Waals surface area (Å²) < 4.78 is 12.0. The van der Waals surface area contributed by atoms with Gasteiger partial charge in [0.25, 0.3) is 0 Å². The maximum atomic E-state index is 14.6. The molecule has 17 nitrogen and oxygen atoms in total. The number of unbranched alkanes of at least 4 members (excludes halogenated alkanes) is 4. The molecule has 2 rings (SSSR count). The number of ether oxygens (including phenoxy) is 2. The summed E-state index contributed by atoms with van der Waals surface area (Å²) in [7, 11) is 6.47. The number of carboxylic acid groups (broad SMARTS) is 2. The average Bonchev–Trinajstić information content (AvgIpc) is 3.79. The van der Waals surface area contributed by atoms with E-state index in [1.165, 1.54) is 26.4 Å². The van der Waals surface area contributed by atoms with E-state index in [0.717, 1.165) is 12.8 Å². The topological polar surface area (TPSA) is 255 Å². The van der Waals surface area contributed by atoms with Crippen molar-refractivity contribution < 1.29 is 63.5 Å². The van der Waals surface area contributed by atoms with Gasteiger partial charge in [-0.05, 0) is 95.0 Å². The predicted molar refractivity (Wildman–Crippen MR) is 267 cm³/mol. The number of nitrogens with two attached hydrogens (primary N) is 1. The molecule has 1 aliphatic heterocycles. The number of aliphatic hydroxyl groups is 1. The van der Waals surface area contributed by atoms with E-state index >= 15 is 0 Å². The van der Waals surface area contributed by atoms with Crippen molar-refractivity contribution in [3.05, 3.63) is 29.8 Å². The Hall–Kier alpha value is -4.29. The summed E-state index contributed by atoms with van der Waals surface area (Å²) in [4.78, 5) is 97.5. The number of rotatable bonds is 36. The van der Waals surface area contributed by atoms with Gasteiger partial charge in [0.1, 0.15) is 23.4 Å². The van der Waals surface area contributed by atoms with Crippen molar-refractivity contribution in [2.75, 3.05) is 41.4 Å². The van der Waals surface area contributed by atoms with Gasteiger partial charge in [-0.15, -0.1) is 0 Å². The molecule has 1 unspecified atom stereocenters. The summed E-state index contributed by atoms with van der Waals surface area (Å²) in [6.45, 7) is 12.0. The number of aliphatic hydroxyl groups excluding tert-OH is 1. The predicted octanol–water partition coefficient (Wildman–Crippen LogP) is 5.92. The van der Waals surface area contributed by atoms with Gasteiger partial charge in [0.2, 0.25) is 11.8 Å². The molecule has 1 fully saturated rings. The summed E-state index contributed by atoms with van der Waals surface area (Å²) in [5.41, 5.74) is 6.22. The largest absolute Gasteiger partial charge is 0.508 e. The molecule has 2 amide bonds. The number of carboxylic acids is 2. The third-order valence-corrected chi connectivity index (χ3v) is 14.6. The Balaban J connectivity index is 2.12. The zero-order chi connectivity index (χ0) is 52.8. The SMILES string of the molecule is CC[C@H](C)[C@@H]([C@@H](CC(=O)N1CCC[C@H]1[C@H](OC)[C@@H](C)C(=O)C[C@@H](Cc1ccc(O)cc1)C(=O)O)OC)N(C)C(=O)[C@@H](CC(=O)[C@H](C(C)O)N(C)CCCCCC(=O)CCCCC[C@H](N)C(=O)O)C(C)C. The van der Waals surface area contributed by atoms with Crippen LogP contribution in [0.5, 0.6) is 5.75 Å². The van der Waals surface area contributed by atoms with E-state index in [1.807, 2.05) is 32.6 Å². The maximum Gasteiger partial charge on any atom is 0.320 e. The standard InChI is InChI=1S/C53H88N4O13/c1-11-34(4)48(46(69-9)32-47(63)57-28-18-22-43(57)50(70-10)35(5)44(61)30-38(52(65)66)29-37-23-25-40(60)26-24-37)56(8)51(64)41(33(2)3)31-45(62)49(36(6)58)55(7)27-17-13-15-20-39(59)19-14-12-16-21-42(54)53(67)68/h23-26,33-36,38,41-43,46,48-50,58,60H,11-22,27-32,54H2,1-10H3,(H,65,66)(H,67,68)/t34-,35-,36?,38+,41-,42-,43-,46+,48-,49-,50+/m0/s1. The van der Waals surface area contributed by atoms with Crippen LogP contribution in [-0.4, -0.2) is 160 Å². The fourth-order valence-corrected chi connectivity index (χ4v) is 10.1. The van der Waals surface area contributed by atoms with Crippen molar-refractivity contribution in [2.45, 2.75) is 187 Å². The zero-order valence-corrected chi connectivity index (χ0v) is 43.8. The number of likely N-dealkylation sites (tertiary alicyclic amines) is 1. The minimum atomic E-state index is -1.11. The van der Waals surface area contributed by atoms with Gasteiger partial charge in [0.15, 0.2) is 5.78 Å². The van der Waals surface area contributed by atoms with Gasteiger partial charge in [-0.2, -0.15) is 0 Å². The molecular weight excluding hydrogens is 901 g/mol. The molecule has 1 aromatic carbocycles. The zero-order valence-electron chi connectivity index (χ0n) is 43.8. The number of aromatic hydroxyl groups is 1. The van der Waals surface area contributed by atoms with E-state index in [9.17, 15) is 48.9 Å². The Morgan fingerprint density at radius 1 is 0.814 bits per heavy atom. The summed E-state index contributed by atoms with van der Waals surface area (Å²) in [5.74, 6) is -5.74. The Kier molecular flexibility index (Phi) is 27.6. The fourth-order valence-electron chi connectivity index (χ4n) is 10.1. The second kappa shape index (κ2) is 31.2. The Morgan fingerprint density at radius 3 is 1.96 bits per heavy atom. The van der Waals surface area contributed by atoms with Gasteiger partial charge >= 0.3 is 11.9 Å². The van der Waals surface area contributed by atoms with Crippen LogP contribution in [0.3, 0.4) is 0 Å². The minimum Gasteiger partial charge on any atom is -0.508 e. The monoisotopic (exact) mass is 989 g/mol. The van der Waals surface area contributed by atoms with Crippen molar-refractivity contribution >= 4 is 41.1 Å². The number of methoxy groups -OCH3 is 2. The Labute approximate surface area is 417 Å². The third kappa shape index (κ3) is 19.4. The van der Waals surface area contributed by atoms with Crippen molar-refractivity contribution in [3.8, 4) is 5.75 Å². The van der Waals surface area contributed by atoms with Crippen LogP contribution in [0.4, 0.5) is 0 Å². The van der Waals surface area contributed by atoms with Crippen LogP contribution in [0.1, 0.15) is 143 Å². The van der Waals surface area contributed by atoms with E-state index in [0.29, 0.717) is 82.9 Å². The number of Topliss-reactive ketones (excluding diaryl/α,β-unsaturated/α-hetero) is 3. The highest BCUT2D eigenvalue weighted by Crippen LogP contribution is 2.32. The molecule has 0 bridgehead atoms. The maximum absolute atomic E-state index is 14.6. The fraction of sp³-hybridized carbons (Fsp3) is 0.755. The Morgan fingerprint density at radius 2 is 1.43 bits per heavy atom. The molecule has 0 aromatic heterocycles. The first-order valence-electron chi connectivity index (χ1n) is 25.6. The molecule has 0 aliphatic carbocycles. The highest BCUT2D eigenvalue weighted by atomic mass is 16.5. The van der Waals surface area contributed by atoms with Crippen LogP contribution in [0.15, 0.2) is 24.3 Å². The number of likely N-dealkylation sites (N-methyl/N-ethyl adjacent to an activating group) is 2. The molecule has 70 heavy (non-hydrogen) atoms. The smallest absolute Gasteiger partial charge is 0.320 e. The molecule has 0 radical (unpaired) electrons. The highest BCUT2D eigenvalue weighted by Gasteiger charge is 2.43. The molecular formula is C53H88N4O13. The number of carbonyl (C=O) groups excluding carboxylic acids is 5. The molecule has 11 atom stereocenters. The number of nitrogens with zero attached hydrogens (tertiary/aromatic N) is 3. The van der Waals surface area contributed by atoms with E-state index in [1.54, 1.807) is 49.9 Å². The highest BCUT2D eigenvalue weighted by molar-refractivity contribution is 5.90. The van der Waals surface area contributed by atoms with Crippen LogP contribution in [-0.2, 0) is 49.5 Å². The summed E-state index contributed by atoms with van der Waals surface area (Å²) in [6, 6.07) is 3.47. The first kappa shape index (κ1) is 61.8. The first-order valence-corrected chi connectivity index (χ1v) is 25.6. The lowest BCUT2D eigenvalue weighted by atomic mass is 9.84. The van der Waals surface area contributed by atoms with E-state index in [2.05, 4.69) is 0 Å². The number of carbonyl (C=O) groups is 7. The summed E-state index contributed by atoms with van der Waals surface area (Å²) in [6.07, 6.45) is 4.71. The normalized spacial score (nSPS) is 18.3. The number of ketones is 3. The van der Waals surface area contributed by atoms with Crippen LogP contribution in [0.25, 0.3) is 0 Å². The molecule has 1 saturated heterocycles. The lowest BCUT2D eigenvalue weighted by Gasteiger charge is -2.41. The van der Waals surface area contributed by atoms with Crippen molar-refractivity contribution in [3.63, 3.8) is 0 Å². The molecule has 398 valence electrons. The van der Waals surface area contributed by atoms with Crippen LogP contribution in [0.2, 0.25) is 0 Å². The molecule has 6 N–H and O–H groups in total. The van der Waals surface area contributed by atoms with Gasteiger partial charge in [-0.25, -0.2) is 0 Å². The number of benzene rings is 1. The van der Waals surface area contributed by atoms with Crippen LogP contribution < -0.4 is 5.73 Å². The third-order valence-electron chi connectivity index (χ3n) is 14.6.